The van der Waals surface area contributed by atoms with Crippen molar-refractivity contribution in [3.63, 3.8) is 0 Å². The van der Waals surface area contributed by atoms with Crippen molar-refractivity contribution in [3.8, 4) is 5.75 Å². The lowest BCUT2D eigenvalue weighted by Crippen LogP contribution is -2.40. The van der Waals surface area contributed by atoms with Gasteiger partial charge in [-0.1, -0.05) is 18.2 Å². The number of methoxy groups -OCH3 is 1. The van der Waals surface area contributed by atoms with Gasteiger partial charge >= 0.3 is 0 Å². The lowest BCUT2D eigenvalue weighted by molar-refractivity contribution is 0.220. The maximum atomic E-state index is 5.31. The maximum Gasteiger partial charge on any atom is 0.120 e. The maximum absolute atomic E-state index is 5.31. The Bertz CT molecular complexity index is 896. The van der Waals surface area contributed by atoms with Gasteiger partial charge in [0.15, 0.2) is 0 Å². The zero-order chi connectivity index (χ0) is 18.6. The van der Waals surface area contributed by atoms with Crippen molar-refractivity contribution >= 4 is 16.7 Å². The van der Waals surface area contributed by atoms with Crippen LogP contribution in [0.3, 0.4) is 0 Å². The van der Waals surface area contributed by atoms with E-state index in [0.717, 1.165) is 43.0 Å². The number of piperidine rings is 1. The van der Waals surface area contributed by atoms with Gasteiger partial charge in [0.05, 0.1) is 18.1 Å². The van der Waals surface area contributed by atoms with E-state index in [-0.39, 0.29) is 0 Å². The lowest BCUT2D eigenvalue weighted by atomic mass is 10.0. The van der Waals surface area contributed by atoms with Crippen molar-refractivity contribution < 1.29 is 4.74 Å². The molecule has 1 aliphatic heterocycles. The summed E-state index contributed by atoms with van der Waals surface area (Å²) in [7, 11) is 3.83. The molecule has 27 heavy (non-hydrogen) atoms. The fourth-order valence-corrected chi connectivity index (χ4v) is 3.93. The van der Waals surface area contributed by atoms with Crippen LogP contribution in [-0.2, 0) is 13.5 Å². The molecule has 0 spiro atoms. The van der Waals surface area contributed by atoms with Crippen LogP contribution in [0.1, 0.15) is 18.7 Å². The first-order chi connectivity index (χ1) is 13.2. The van der Waals surface area contributed by atoms with Gasteiger partial charge in [-0.15, -0.1) is 0 Å². The summed E-state index contributed by atoms with van der Waals surface area (Å²) >= 11 is 0. The Kier molecular flexibility index (Phi) is 5.30. The molecule has 1 aromatic heterocycles. The molecule has 0 bridgehead atoms. The Hall–Kier alpha value is -2.53. The van der Waals surface area contributed by atoms with Crippen LogP contribution < -0.4 is 10.1 Å². The van der Waals surface area contributed by atoms with E-state index in [1.807, 2.05) is 12.1 Å². The highest BCUT2D eigenvalue weighted by atomic mass is 16.5. The number of anilines is 1. The molecule has 142 valence electrons. The molecule has 0 amide bonds. The Morgan fingerprint density at radius 1 is 1.11 bits per heavy atom. The fraction of sp³-hybridized carbons (Fsp3) is 0.409. The van der Waals surface area contributed by atoms with Gasteiger partial charge in [-0.3, -0.25) is 0 Å². The predicted octanol–water partition coefficient (Wildman–Crippen LogP) is 3.70. The minimum absolute atomic E-state index is 0.532. The molecule has 1 aliphatic rings. The van der Waals surface area contributed by atoms with Crippen LogP contribution in [0.5, 0.6) is 5.75 Å². The first-order valence-electron chi connectivity index (χ1n) is 9.76. The Morgan fingerprint density at radius 3 is 2.70 bits per heavy atom. The molecule has 0 atom stereocenters. The molecule has 0 saturated carbocycles. The second-order valence-electron chi connectivity index (χ2n) is 7.32. The van der Waals surface area contributed by atoms with Gasteiger partial charge in [0.25, 0.3) is 0 Å². The standard InChI is InChI=1S/C22H28N4O/c1-25-21-9-4-3-8-20(21)24-22(25)12-15-26-13-10-17(11-14-26)23-18-6-5-7-19(16-18)27-2/h3-9,16-17,23H,10-15H2,1-2H3. The van der Waals surface area contributed by atoms with Gasteiger partial charge in [-0.05, 0) is 37.1 Å². The Labute approximate surface area is 161 Å². The molecule has 0 radical (unpaired) electrons. The molecule has 2 heterocycles. The zero-order valence-corrected chi connectivity index (χ0v) is 16.2. The van der Waals surface area contributed by atoms with Crippen LogP contribution in [0, 0.1) is 0 Å². The van der Waals surface area contributed by atoms with Gasteiger partial charge in [-0.25, -0.2) is 4.98 Å². The summed E-state index contributed by atoms with van der Waals surface area (Å²) in [6.07, 6.45) is 3.33. The molecule has 0 unspecified atom stereocenters. The van der Waals surface area contributed by atoms with Crippen molar-refractivity contribution in [1.29, 1.82) is 0 Å². The van der Waals surface area contributed by atoms with Crippen molar-refractivity contribution in [3.05, 3.63) is 54.4 Å². The summed E-state index contributed by atoms with van der Waals surface area (Å²) in [5.41, 5.74) is 3.46. The molecule has 1 saturated heterocycles. The largest absolute Gasteiger partial charge is 0.497 e. The topological polar surface area (TPSA) is 42.3 Å². The van der Waals surface area contributed by atoms with Gasteiger partial charge in [-0.2, -0.15) is 0 Å². The molecule has 5 nitrogen and oxygen atoms in total. The fourth-order valence-electron chi connectivity index (χ4n) is 3.93. The number of para-hydroxylation sites is 2. The number of hydrogen-bond donors (Lipinski definition) is 1. The molecule has 1 N–H and O–H groups in total. The van der Waals surface area contributed by atoms with Crippen molar-refractivity contribution in [2.75, 3.05) is 32.1 Å². The normalized spacial score (nSPS) is 15.9. The quantitative estimate of drug-likeness (QED) is 0.724. The second-order valence-corrected chi connectivity index (χ2v) is 7.32. The van der Waals surface area contributed by atoms with Crippen LogP contribution in [0.25, 0.3) is 11.0 Å². The molecular formula is C22H28N4O. The summed E-state index contributed by atoms with van der Waals surface area (Å²) < 4.78 is 7.54. The number of benzene rings is 2. The van der Waals surface area contributed by atoms with Crippen LogP contribution in [0.4, 0.5) is 5.69 Å². The SMILES string of the molecule is COc1cccc(NC2CCN(CCc3nc4ccccc4n3C)CC2)c1. The molecule has 4 rings (SSSR count). The minimum Gasteiger partial charge on any atom is -0.497 e. The number of aryl methyl sites for hydroxylation is 1. The minimum atomic E-state index is 0.532. The van der Waals surface area contributed by atoms with Crippen molar-refractivity contribution in [2.24, 2.45) is 7.05 Å². The summed E-state index contributed by atoms with van der Waals surface area (Å²) in [6.45, 7) is 3.33. The van der Waals surface area contributed by atoms with E-state index in [2.05, 4.69) is 58.2 Å². The van der Waals surface area contributed by atoms with E-state index in [0.29, 0.717) is 6.04 Å². The number of aromatic nitrogens is 2. The average molecular weight is 364 g/mol. The summed E-state index contributed by atoms with van der Waals surface area (Å²) in [5.74, 6) is 2.08. The monoisotopic (exact) mass is 364 g/mol. The molecule has 3 aromatic rings. The van der Waals surface area contributed by atoms with E-state index in [1.54, 1.807) is 7.11 Å². The van der Waals surface area contributed by atoms with Crippen molar-refractivity contribution in [2.45, 2.75) is 25.3 Å². The molecule has 1 fully saturated rings. The Balaban J connectivity index is 1.28. The molecule has 2 aromatic carbocycles. The highest BCUT2D eigenvalue weighted by Gasteiger charge is 2.19. The van der Waals surface area contributed by atoms with E-state index >= 15 is 0 Å². The number of nitrogens with zero attached hydrogens (tertiary/aromatic N) is 3. The summed E-state index contributed by atoms with van der Waals surface area (Å²) in [6, 6.07) is 17.1. The number of nitrogens with one attached hydrogen (secondary N) is 1. The van der Waals surface area contributed by atoms with Crippen LogP contribution >= 0.6 is 0 Å². The highest BCUT2D eigenvalue weighted by molar-refractivity contribution is 5.75. The van der Waals surface area contributed by atoms with Gasteiger partial charge in [0, 0.05) is 50.9 Å². The van der Waals surface area contributed by atoms with Crippen LogP contribution in [0.2, 0.25) is 0 Å². The number of fused-ring (bicyclic) bond motifs is 1. The van der Waals surface area contributed by atoms with E-state index in [1.165, 1.54) is 24.2 Å². The molecule has 0 aliphatic carbocycles. The van der Waals surface area contributed by atoms with E-state index < -0.39 is 0 Å². The van der Waals surface area contributed by atoms with Crippen molar-refractivity contribution in [1.82, 2.24) is 14.5 Å². The summed E-state index contributed by atoms with van der Waals surface area (Å²) in [4.78, 5) is 7.35. The third-order valence-electron chi connectivity index (χ3n) is 5.56. The number of ether oxygens (including phenoxy) is 1. The summed E-state index contributed by atoms with van der Waals surface area (Å²) in [5, 5.41) is 3.65. The van der Waals surface area contributed by atoms with E-state index in [4.69, 9.17) is 9.72 Å². The zero-order valence-electron chi connectivity index (χ0n) is 16.2. The molecule has 5 heteroatoms. The van der Waals surface area contributed by atoms with Crippen LogP contribution in [0.15, 0.2) is 48.5 Å². The first-order valence-corrected chi connectivity index (χ1v) is 9.76. The van der Waals surface area contributed by atoms with Gasteiger partial charge < -0.3 is 19.5 Å². The van der Waals surface area contributed by atoms with E-state index in [9.17, 15) is 0 Å². The third kappa shape index (κ3) is 4.08. The number of rotatable bonds is 6. The number of imidazole rings is 1. The third-order valence-corrected chi connectivity index (χ3v) is 5.56. The lowest BCUT2D eigenvalue weighted by Gasteiger charge is -2.32. The first kappa shape index (κ1) is 17.9. The predicted molar refractivity (Wildman–Crippen MR) is 110 cm³/mol. The number of hydrogen-bond acceptors (Lipinski definition) is 4. The smallest absolute Gasteiger partial charge is 0.120 e. The second kappa shape index (κ2) is 8.01. The Morgan fingerprint density at radius 2 is 1.93 bits per heavy atom. The number of likely N-dealkylation sites (tertiary alicyclic amines) is 1. The van der Waals surface area contributed by atoms with Gasteiger partial charge in [0.2, 0.25) is 0 Å². The average Bonchev–Trinajstić information content (AvgIpc) is 3.04. The highest BCUT2D eigenvalue weighted by Crippen LogP contribution is 2.21. The molecular weight excluding hydrogens is 336 g/mol. The van der Waals surface area contributed by atoms with Crippen LogP contribution in [-0.4, -0.2) is 47.2 Å². The van der Waals surface area contributed by atoms with Gasteiger partial charge in [0.1, 0.15) is 11.6 Å².